The highest BCUT2D eigenvalue weighted by atomic mass is 35.5. The van der Waals surface area contributed by atoms with Gasteiger partial charge in [0.15, 0.2) is 23.3 Å². The summed E-state index contributed by atoms with van der Waals surface area (Å²) < 4.78 is 97.7. The highest BCUT2D eigenvalue weighted by molar-refractivity contribution is 7.86. The molecule has 10 heteroatoms. The maximum absolute atomic E-state index is 13.8. The minimum atomic E-state index is -4.90. The van der Waals surface area contributed by atoms with E-state index in [0.717, 1.165) is 0 Å². The number of hydrogen-bond acceptors (Lipinski definition) is 2. The third-order valence-electron chi connectivity index (χ3n) is 2.69. The Bertz CT molecular complexity index is 883. The second-order valence-electron chi connectivity index (χ2n) is 4.09. The van der Waals surface area contributed by atoms with Crippen molar-refractivity contribution in [1.29, 1.82) is 0 Å². The van der Waals surface area contributed by atoms with Crippen molar-refractivity contribution in [2.75, 3.05) is 0 Å². The molecule has 3 nitrogen and oxygen atoms in total. The number of halogens is 6. The largest absolute Gasteiger partial charge is 0.296 e. The highest BCUT2D eigenvalue weighted by Crippen LogP contribution is 2.34. The SMILES string of the molecule is O=S(=O)(O)c1cc(-c2cc(F)c(F)c(F)c2F)c(F)cc1Cl. The summed E-state index contributed by atoms with van der Waals surface area (Å²) in [5.41, 5.74) is -2.00. The van der Waals surface area contributed by atoms with Gasteiger partial charge >= 0.3 is 0 Å². The zero-order chi connectivity index (χ0) is 16.8. The van der Waals surface area contributed by atoms with Crippen LogP contribution in [0.3, 0.4) is 0 Å². The maximum Gasteiger partial charge on any atom is 0.296 e. The Morgan fingerprint density at radius 3 is 1.95 bits per heavy atom. The molecule has 2 aromatic rings. The van der Waals surface area contributed by atoms with Gasteiger partial charge in [-0.25, -0.2) is 22.0 Å². The lowest BCUT2D eigenvalue weighted by molar-refractivity contribution is 0.410. The normalized spacial score (nSPS) is 11.8. The van der Waals surface area contributed by atoms with Gasteiger partial charge in [-0.05, 0) is 18.2 Å². The van der Waals surface area contributed by atoms with Crippen LogP contribution in [0, 0.1) is 29.1 Å². The zero-order valence-electron chi connectivity index (χ0n) is 10.2. The van der Waals surface area contributed by atoms with Crippen LogP contribution in [0.5, 0.6) is 0 Å². The molecular weight excluding hydrogens is 355 g/mol. The van der Waals surface area contributed by atoms with Gasteiger partial charge in [0, 0.05) is 11.1 Å². The lowest BCUT2D eigenvalue weighted by Crippen LogP contribution is -2.03. The first-order valence-electron chi connectivity index (χ1n) is 5.34. The quantitative estimate of drug-likeness (QED) is 0.383. The topological polar surface area (TPSA) is 54.4 Å². The monoisotopic (exact) mass is 358 g/mol. The predicted molar refractivity (Wildman–Crippen MR) is 66.5 cm³/mol. The number of benzene rings is 2. The third kappa shape index (κ3) is 2.79. The van der Waals surface area contributed by atoms with Crippen LogP contribution in [-0.2, 0) is 10.1 Å². The van der Waals surface area contributed by atoms with E-state index in [-0.39, 0.29) is 6.07 Å². The van der Waals surface area contributed by atoms with Crippen molar-refractivity contribution in [1.82, 2.24) is 0 Å². The first kappa shape index (κ1) is 16.7. The maximum atomic E-state index is 13.8. The minimum absolute atomic E-state index is 0.147. The molecule has 0 unspecified atom stereocenters. The van der Waals surface area contributed by atoms with E-state index in [9.17, 15) is 30.4 Å². The molecule has 0 amide bonds. The van der Waals surface area contributed by atoms with E-state index in [4.69, 9.17) is 16.2 Å². The third-order valence-corrected chi connectivity index (χ3v) is 4.01. The molecule has 1 N–H and O–H groups in total. The first-order valence-corrected chi connectivity index (χ1v) is 7.15. The van der Waals surface area contributed by atoms with E-state index in [0.29, 0.717) is 12.1 Å². The van der Waals surface area contributed by atoms with Gasteiger partial charge in [-0.1, -0.05) is 11.6 Å². The summed E-state index contributed by atoms with van der Waals surface area (Å²) in [5.74, 6) is -9.37. The van der Waals surface area contributed by atoms with Crippen molar-refractivity contribution in [2.24, 2.45) is 0 Å². The van der Waals surface area contributed by atoms with Gasteiger partial charge in [0.05, 0.1) is 5.02 Å². The van der Waals surface area contributed by atoms with Crippen molar-refractivity contribution in [3.05, 3.63) is 52.3 Å². The van der Waals surface area contributed by atoms with E-state index >= 15 is 0 Å². The van der Waals surface area contributed by atoms with Crippen molar-refractivity contribution in [3.8, 4) is 11.1 Å². The summed E-state index contributed by atoms with van der Waals surface area (Å²) in [5, 5.41) is -0.729. The Hall–Kier alpha value is -1.71. The van der Waals surface area contributed by atoms with Crippen molar-refractivity contribution in [2.45, 2.75) is 4.90 Å². The van der Waals surface area contributed by atoms with E-state index in [1.165, 1.54) is 0 Å². The minimum Gasteiger partial charge on any atom is -0.282 e. The Kier molecular flexibility index (Phi) is 4.16. The molecule has 0 heterocycles. The molecule has 22 heavy (non-hydrogen) atoms. The smallest absolute Gasteiger partial charge is 0.282 e. The molecule has 0 fully saturated rings. The van der Waals surface area contributed by atoms with Crippen molar-refractivity contribution < 1.29 is 34.9 Å². The summed E-state index contributed by atoms with van der Waals surface area (Å²) in [4.78, 5) is -1.00. The van der Waals surface area contributed by atoms with Crippen LogP contribution in [-0.4, -0.2) is 13.0 Å². The summed E-state index contributed by atoms with van der Waals surface area (Å²) >= 11 is 5.42. The molecule has 0 saturated heterocycles. The molecule has 0 atom stereocenters. The summed E-state index contributed by atoms with van der Waals surface area (Å²) in [7, 11) is -4.90. The van der Waals surface area contributed by atoms with E-state index in [1.54, 1.807) is 0 Å². The lowest BCUT2D eigenvalue weighted by atomic mass is 10.0. The van der Waals surface area contributed by atoms with Crippen LogP contribution < -0.4 is 0 Å². The van der Waals surface area contributed by atoms with E-state index in [2.05, 4.69) is 0 Å². The summed E-state index contributed by atoms with van der Waals surface area (Å²) in [6.45, 7) is 0. The van der Waals surface area contributed by atoms with E-state index in [1.807, 2.05) is 0 Å². The molecule has 2 aromatic carbocycles. The van der Waals surface area contributed by atoms with Gasteiger partial charge < -0.3 is 0 Å². The number of hydrogen-bond donors (Lipinski definition) is 1. The average Bonchev–Trinajstić information content (AvgIpc) is 2.40. The second-order valence-corrected chi connectivity index (χ2v) is 5.88. The molecule has 0 aromatic heterocycles. The van der Waals surface area contributed by atoms with Crippen LogP contribution in [0.2, 0.25) is 5.02 Å². The van der Waals surface area contributed by atoms with Gasteiger partial charge in [-0.2, -0.15) is 8.42 Å². The Balaban J connectivity index is 2.85. The first-order chi connectivity index (χ1) is 10.0. The molecule has 0 bridgehead atoms. The zero-order valence-corrected chi connectivity index (χ0v) is 11.7. The van der Waals surface area contributed by atoms with Crippen LogP contribution in [0.4, 0.5) is 22.0 Å². The lowest BCUT2D eigenvalue weighted by Gasteiger charge is -2.10. The molecule has 0 aliphatic heterocycles. The molecule has 0 aliphatic carbocycles. The summed E-state index contributed by atoms with van der Waals surface area (Å²) in [6, 6.07) is 0.925. The fraction of sp³-hybridized carbons (Fsp3) is 0. The van der Waals surface area contributed by atoms with Crippen LogP contribution in [0.1, 0.15) is 0 Å². The Morgan fingerprint density at radius 1 is 0.818 bits per heavy atom. The van der Waals surface area contributed by atoms with E-state index < -0.39 is 60.2 Å². The van der Waals surface area contributed by atoms with Crippen LogP contribution in [0.15, 0.2) is 23.1 Å². The second kappa shape index (κ2) is 5.49. The van der Waals surface area contributed by atoms with Crippen LogP contribution in [0.25, 0.3) is 11.1 Å². The summed E-state index contributed by atoms with van der Waals surface area (Å²) in [6.07, 6.45) is 0. The van der Waals surface area contributed by atoms with Crippen molar-refractivity contribution in [3.63, 3.8) is 0 Å². The number of rotatable bonds is 2. The van der Waals surface area contributed by atoms with Gasteiger partial charge in [0.1, 0.15) is 10.7 Å². The molecule has 0 radical (unpaired) electrons. The highest BCUT2D eigenvalue weighted by Gasteiger charge is 2.24. The van der Waals surface area contributed by atoms with Crippen LogP contribution >= 0.6 is 11.6 Å². The molecule has 118 valence electrons. The Morgan fingerprint density at radius 2 is 1.41 bits per heavy atom. The van der Waals surface area contributed by atoms with Gasteiger partial charge in [-0.3, -0.25) is 4.55 Å². The molecule has 0 aliphatic rings. The standard InChI is InChI=1S/C12H4ClF5O3S/c13-6-3-7(14)4(2-9(6)22(19,20)21)5-1-8(15)11(17)12(18)10(5)16/h1-3H,(H,19,20,21). The molecular formula is C12H4ClF5O3S. The molecule has 0 saturated carbocycles. The molecule has 2 rings (SSSR count). The van der Waals surface area contributed by atoms with Crippen molar-refractivity contribution >= 4 is 21.7 Å². The fourth-order valence-corrected chi connectivity index (χ4v) is 2.72. The Labute approximate surface area is 125 Å². The van der Waals surface area contributed by atoms with Gasteiger partial charge in [0.25, 0.3) is 10.1 Å². The van der Waals surface area contributed by atoms with Gasteiger partial charge in [-0.15, -0.1) is 0 Å². The van der Waals surface area contributed by atoms with Gasteiger partial charge in [0.2, 0.25) is 0 Å². The fourth-order valence-electron chi connectivity index (χ4n) is 1.70. The average molecular weight is 359 g/mol. The predicted octanol–water partition coefficient (Wildman–Crippen LogP) is 3.95. The molecule has 0 spiro atoms.